The molecule has 2 N–H and O–H groups in total. The topological polar surface area (TPSA) is 119 Å². The fraction of sp³-hybridized carbons (Fsp3) is 0.333. The lowest BCUT2D eigenvalue weighted by molar-refractivity contribution is -0.282. The molecule has 1 saturated heterocycles. The van der Waals surface area contributed by atoms with Gasteiger partial charge in [-0.1, -0.05) is 34.8 Å². The number of carbonyl (C=O) groups is 3. The van der Waals surface area contributed by atoms with Crippen molar-refractivity contribution in [2.75, 3.05) is 10.2 Å². The number of halogens is 8. The molecule has 0 aromatic heterocycles. The lowest BCUT2D eigenvalue weighted by Gasteiger charge is -2.29. The number of rotatable bonds is 5. The highest BCUT2D eigenvalue weighted by molar-refractivity contribution is 6.35. The first-order chi connectivity index (χ1) is 23.4. The van der Waals surface area contributed by atoms with Crippen LogP contribution >= 0.6 is 34.8 Å². The van der Waals surface area contributed by atoms with Gasteiger partial charge < -0.3 is 14.8 Å². The van der Waals surface area contributed by atoms with Crippen molar-refractivity contribution in [1.82, 2.24) is 5.48 Å². The van der Waals surface area contributed by atoms with Crippen molar-refractivity contribution in [3.8, 4) is 0 Å². The normalized spacial score (nSPS) is 17.2. The minimum atomic E-state index is -4.96. The lowest BCUT2D eigenvalue weighted by Crippen LogP contribution is -2.44. The molecule has 1 atom stereocenters. The number of carbonyl (C=O) groups excluding carboxylic acids is 3. The molecule has 0 aliphatic carbocycles. The second kappa shape index (κ2) is 14.4. The number of benzene rings is 3. The number of amidine groups is 1. The van der Waals surface area contributed by atoms with Crippen LogP contribution in [0.4, 0.5) is 48.6 Å². The smallest absolute Gasteiger partial charge is 0.424 e. The fourth-order valence-corrected chi connectivity index (χ4v) is 5.33. The van der Waals surface area contributed by atoms with Crippen molar-refractivity contribution in [3.63, 3.8) is 0 Å². The minimum Gasteiger partial charge on any atom is -0.443 e. The van der Waals surface area contributed by atoms with Crippen molar-refractivity contribution in [3.05, 3.63) is 86.4 Å². The highest BCUT2D eigenvalue weighted by Crippen LogP contribution is 2.48. The van der Waals surface area contributed by atoms with Gasteiger partial charge in [-0.2, -0.15) is 18.1 Å². The van der Waals surface area contributed by atoms with Gasteiger partial charge >= 0.3 is 18.4 Å². The van der Waals surface area contributed by atoms with E-state index in [0.29, 0.717) is 6.07 Å². The number of amides is 3. The maximum absolute atomic E-state index is 16.0. The van der Waals surface area contributed by atoms with Crippen molar-refractivity contribution in [2.24, 2.45) is 4.99 Å². The highest BCUT2D eigenvalue weighted by atomic mass is 35.5. The maximum Gasteiger partial charge on any atom is 0.424 e. The Bertz CT molecular complexity index is 1860. The molecule has 0 radical (unpaired) electrons. The Morgan fingerprint density at radius 3 is 1.98 bits per heavy atom. The predicted octanol–water partition coefficient (Wildman–Crippen LogP) is 10.3. The number of alkyl halides is 3. The van der Waals surface area contributed by atoms with E-state index in [1.807, 2.05) is 0 Å². The van der Waals surface area contributed by atoms with Crippen molar-refractivity contribution < 1.29 is 50.6 Å². The third-order valence-electron chi connectivity index (χ3n) is 6.70. The van der Waals surface area contributed by atoms with E-state index in [-0.39, 0.29) is 42.6 Å². The van der Waals surface area contributed by atoms with Crippen LogP contribution in [0, 0.1) is 11.6 Å². The molecule has 51 heavy (non-hydrogen) atoms. The fourth-order valence-electron chi connectivity index (χ4n) is 4.60. The molecule has 1 aliphatic heterocycles. The van der Waals surface area contributed by atoms with Gasteiger partial charge in [-0.3, -0.25) is 15.1 Å². The number of ether oxygens (including phenoxy) is 2. The summed E-state index contributed by atoms with van der Waals surface area (Å²) in [7, 11) is 0. The number of nitrogens with zero attached hydrogens (tertiary/aromatic N) is 2. The summed E-state index contributed by atoms with van der Waals surface area (Å²) in [6.07, 6.45) is -8.74. The highest BCUT2D eigenvalue weighted by Gasteiger charge is 2.62. The van der Waals surface area contributed by atoms with Crippen LogP contribution in [-0.2, 0) is 19.9 Å². The molecule has 1 heterocycles. The van der Waals surface area contributed by atoms with Gasteiger partial charge in [0.2, 0.25) is 5.60 Å². The van der Waals surface area contributed by atoms with E-state index >= 15 is 8.78 Å². The number of hydrogen-bond donors (Lipinski definition) is 2. The van der Waals surface area contributed by atoms with Crippen LogP contribution < -0.4 is 15.7 Å². The third-order valence-corrected chi connectivity index (χ3v) is 7.46. The molecule has 10 nitrogen and oxygen atoms in total. The molecule has 0 saturated carbocycles. The average Bonchev–Trinajstić information content (AvgIpc) is 3.40. The molecule has 18 heteroatoms. The Kier molecular flexibility index (Phi) is 11.2. The zero-order chi connectivity index (χ0) is 38.3. The Morgan fingerprint density at radius 1 is 0.882 bits per heavy atom. The first-order valence-electron chi connectivity index (χ1n) is 14.8. The van der Waals surface area contributed by atoms with Crippen LogP contribution in [0.25, 0.3) is 0 Å². The number of anilines is 2. The standard InChI is InChI=1S/C33H30Cl3F5N4O6/c1-30(2,3)49-28(47)45(29(48)50-31(4,5)6)26-22(37)9-10-23(25(26)38)43-27(46)20-14-19(7-8-21(20)36)42-24-15-32(51-44-24,33(39,40)41)16-11-17(34)13-18(35)12-16/h7-14H,15H2,1-6H3,(H,42,44)(H,43,46). The molecule has 0 bridgehead atoms. The van der Waals surface area contributed by atoms with Gasteiger partial charge in [-0.25, -0.2) is 23.4 Å². The SMILES string of the molecule is CC(C)(C)OC(=O)N(C(=O)OC(C)(C)C)c1c(F)ccc(NC(=O)c2cc(N=C3CC(c4cc(Cl)cc(Cl)c4)(C(F)(F)F)ON3)ccc2Cl)c1F. The van der Waals surface area contributed by atoms with Crippen molar-refractivity contribution in [2.45, 2.75) is 70.9 Å². The van der Waals surface area contributed by atoms with E-state index in [1.165, 1.54) is 59.7 Å². The van der Waals surface area contributed by atoms with Crippen LogP contribution in [0.5, 0.6) is 0 Å². The van der Waals surface area contributed by atoms with Gasteiger partial charge in [0.15, 0.2) is 11.6 Å². The van der Waals surface area contributed by atoms with Gasteiger partial charge in [-0.05, 0) is 95.6 Å². The predicted molar refractivity (Wildman–Crippen MR) is 181 cm³/mol. The summed E-state index contributed by atoms with van der Waals surface area (Å²) in [5.74, 6) is -4.30. The Hall–Kier alpha value is -4.18. The third kappa shape index (κ3) is 9.19. The van der Waals surface area contributed by atoms with Crippen LogP contribution in [0.3, 0.4) is 0 Å². The zero-order valence-corrected chi connectivity index (χ0v) is 30.0. The van der Waals surface area contributed by atoms with Crippen LogP contribution in [0.1, 0.15) is 63.9 Å². The molecule has 3 aromatic rings. The number of nitrogens with one attached hydrogen (secondary N) is 2. The number of aliphatic imine (C=N–C) groups is 1. The second-order valence-corrected chi connectivity index (χ2v) is 14.4. The Balaban J connectivity index is 1.67. The Labute approximate surface area is 303 Å². The molecule has 1 unspecified atom stereocenters. The van der Waals surface area contributed by atoms with Gasteiger partial charge in [0.25, 0.3) is 5.91 Å². The zero-order valence-electron chi connectivity index (χ0n) is 27.7. The summed E-state index contributed by atoms with van der Waals surface area (Å²) < 4.78 is 84.7. The van der Waals surface area contributed by atoms with Crippen LogP contribution in [0.15, 0.2) is 53.5 Å². The van der Waals surface area contributed by atoms with Gasteiger partial charge in [0, 0.05) is 10.0 Å². The van der Waals surface area contributed by atoms with E-state index in [9.17, 15) is 27.6 Å². The molecular weight excluding hydrogens is 750 g/mol. The number of hydrogen-bond acceptors (Lipinski definition) is 7. The first kappa shape index (κ1) is 39.6. The summed E-state index contributed by atoms with van der Waals surface area (Å²) in [5.41, 5.74) is -5.84. The summed E-state index contributed by atoms with van der Waals surface area (Å²) in [6.45, 7) is 8.76. The lowest BCUT2D eigenvalue weighted by atomic mass is 9.90. The molecule has 3 aromatic carbocycles. The van der Waals surface area contributed by atoms with E-state index in [4.69, 9.17) is 49.1 Å². The monoisotopic (exact) mass is 778 g/mol. The summed E-state index contributed by atoms with van der Waals surface area (Å²) >= 11 is 18.1. The molecule has 0 spiro atoms. The van der Waals surface area contributed by atoms with Gasteiger partial charge in [0.1, 0.15) is 22.7 Å². The van der Waals surface area contributed by atoms with Crippen LogP contribution in [0.2, 0.25) is 15.1 Å². The average molecular weight is 780 g/mol. The summed E-state index contributed by atoms with van der Waals surface area (Å²) in [5, 5.41) is 1.89. The van der Waals surface area contributed by atoms with Gasteiger partial charge in [0.05, 0.1) is 28.4 Å². The van der Waals surface area contributed by atoms with E-state index in [1.54, 1.807) is 0 Å². The van der Waals surface area contributed by atoms with E-state index < -0.39 is 70.5 Å². The number of imide groups is 1. The second-order valence-electron chi connectivity index (χ2n) is 13.1. The summed E-state index contributed by atoms with van der Waals surface area (Å²) in [4.78, 5) is 48.6. The molecule has 1 aliphatic rings. The molecule has 4 rings (SSSR count). The minimum absolute atomic E-state index is 0.0233. The van der Waals surface area contributed by atoms with Crippen molar-refractivity contribution >= 4 is 75.8 Å². The van der Waals surface area contributed by atoms with E-state index in [2.05, 4.69) is 15.8 Å². The van der Waals surface area contributed by atoms with Crippen molar-refractivity contribution in [1.29, 1.82) is 0 Å². The number of hydroxylamine groups is 1. The molecule has 274 valence electrons. The quantitative estimate of drug-likeness (QED) is 0.248. The molecule has 1 fully saturated rings. The largest absolute Gasteiger partial charge is 0.443 e. The molecule has 3 amide bonds. The maximum atomic E-state index is 16.0. The first-order valence-corrected chi connectivity index (χ1v) is 15.9. The Morgan fingerprint density at radius 2 is 1.45 bits per heavy atom. The molecular formula is C33H30Cl3F5N4O6. The summed E-state index contributed by atoms with van der Waals surface area (Å²) in [6, 6.07) is 8.45. The van der Waals surface area contributed by atoms with Crippen LogP contribution in [-0.4, -0.2) is 41.3 Å². The van der Waals surface area contributed by atoms with Gasteiger partial charge in [-0.15, -0.1) is 0 Å². The van der Waals surface area contributed by atoms with E-state index in [0.717, 1.165) is 24.3 Å².